The fourth-order valence-corrected chi connectivity index (χ4v) is 2.36. The third kappa shape index (κ3) is 4.36. The minimum atomic E-state index is -3.17. The molecule has 0 bridgehead atoms. The number of methoxy groups -OCH3 is 1. The molecule has 1 atom stereocenters. The third-order valence-corrected chi connectivity index (χ3v) is 4.19. The molecule has 0 aromatic rings. The zero-order valence-electron chi connectivity index (χ0n) is 9.06. The van der Waals surface area contributed by atoms with Crippen LogP contribution in [0.2, 0.25) is 0 Å². The van der Waals surface area contributed by atoms with Crippen molar-refractivity contribution >= 4 is 10.0 Å². The molecule has 0 saturated heterocycles. The average molecular weight is 224 g/mol. The van der Waals surface area contributed by atoms with Gasteiger partial charge in [-0.1, -0.05) is 0 Å². The molecule has 0 heterocycles. The van der Waals surface area contributed by atoms with Gasteiger partial charge in [-0.05, 0) is 13.3 Å². The van der Waals surface area contributed by atoms with Gasteiger partial charge in [-0.15, -0.1) is 0 Å². The molecule has 14 heavy (non-hydrogen) atoms. The van der Waals surface area contributed by atoms with Crippen LogP contribution in [0.1, 0.15) is 13.3 Å². The van der Waals surface area contributed by atoms with Gasteiger partial charge in [0.25, 0.3) is 0 Å². The molecule has 0 spiro atoms. The van der Waals surface area contributed by atoms with Crippen molar-refractivity contribution < 1.29 is 13.2 Å². The Morgan fingerprint density at radius 1 is 1.50 bits per heavy atom. The van der Waals surface area contributed by atoms with Crippen molar-refractivity contribution in [1.82, 2.24) is 4.31 Å². The Morgan fingerprint density at radius 3 is 2.50 bits per heavy atom. The summed E-state index contributed by atoms with van der Waals surface area (Å²) < 4.78 is 29.4. The Bertz CT molecular complexity index is 241. The van der Waals surface area contributed by atoms with Gasteiger partial charge < -0.3 is 10.5 Å². The van der Waals surface area contributed by atoms with Crippen LogP contribution < -0.4 is 5.73 Å². The molecule has 6 heteroatoms. The fraction of sp³-hybridized carbons (Fsp3) is 1.00. The lowest BCUT2D eigenvalue weighted by Gasteiger charge is -2.22. The number of rotatable bonds is 7. The molecule has 0 aliphatic carbocycles. The van der Waals surface area contributed by atoms with Gasteiger partial charge in [0.1, 0.15) is 0 Å². The molecule has 2 N–H and O–H groups in total. The minimum absolute atomic E-state index is 0.113. The van der Waals surface area contributed by atoms with Gasteiger partial charge >= 0.3 is 0 Å². The first kappa shape index (κ1) is 13.8. The first-order valence-electron chi connectivity index (χ1n) is 4.60. The normalized spacial score (nSPS) is 14.6. The van der Waals surface area contributed by atoms with Crippen molar-refractivity contribution in [1.29, 1.82) is 0 Å². The second-order valence-corrected chi connectivity index (χ2v) is 5.41. The Kier molecular flexibility index (Phi) is 6.26. The average Bonchev–Trinajstić information content (AvgIpc) is 2.15. The maximum absolute atomic E-state index is 11.6. The summed E-state index contributed by atoms with van der Waals surface area (Å²) in [6, 6.07) is -0.150. The first-order chi connectivity index (χ1) is 6.45. The van der Waals surface area contributed by atoms with Crippen LogP contribution in [0.4, 0.5) is 0 Å². The van der Waals surface area contributed by atoms with E-state index in [1.807, 2.05) is 0 Å². The summed E-state index contributed by atoms with van der Waals surface area (Å²) in [6.45, 7) is 2.58. The predicted molar refractivity (Wildman–Crippen MR) is 56.6 cm³/mol. The smallest absolute Gasteiger partial charge is 0.214 e. The van der Waals surface area contributed by atoms with Gasteiger partial charge in [0.2, 0.25) is 10.0 Å². The molecule has 0 aliphatic heterocycles. The van der Waals surface area contributed by atoms with Crippen LogP contribution in [0.15, 0.2) is 0 Å². The molecule has 0 rings (SSSR count). The summed E-state index contributed by atoms with van der Waals surface area (Å²) in [5.74, 6) is 0.113. The summed E-state index contributed by atoms with van der Waals surface area (Å²) in [5, 5.41) is 0. The number of ether oxygens (including phenoxy) is 1. The van der Waals surface area contributed by atoms with Crippen LogP contribution >= 0.6 is 0 Å². The zero-order valence-corrected chi connectivity index (χ0v) is 9.88. The largest absolute Gasteiger partial charge is 0.385 e. The van der Waals surface area contributed by atoms with Gasteiger partial charge in [-0.3, -0.25) is 0 Å². The Labute approximate surface area is 86.3 Å². The molecule has 0 aromatic heterocycles. The van der Waals surface area contributed by atoms with E-state index in [9.17, 15) is 8.42 Å². The van der Waals surface area contributed by atoms with Gasteiger partial charge in [-0.25, -0.2) is 12.7 Å². The number of nitrogens with two attached hydrogens (primary N) is 1. The number of sulfonamides is 1. The molecule has 0 aromatic carbocycles. The number of hydrogen-bond acceptors (Lipinski definition) is 4. The Morgan fingerprint density at radius 2 is 2.07 bits per heavy atom. The van der Waals surface area contributed by atoms with E-state index in [1.54, 1.807) is 21.1 Å². The summed E-state index contributed by atoms with van der Waals surface area (Å²) in [6.07, 6.45) is 0.514. The lowest BCUT2D eigenvalue weighted by molar-refractivity contribution is 0.199. The monoisotopic (exact) mass is 224 g/mol. The molecule has 0 amide bonds. The standard InChI is InChI=1S/C8H20N2O3S/c1-8(7-9)10(2)14(11,12)6-4-5-13-3/h8H,4-7,9H2,1-3H3. The van der Waals surface area contributed by atoms with E-state index in [4.69, 9.17) is 10.5 Å². The van der Waals surface area contributed by atoms with Crippen molar-refractivity contribution in [2.24, 2.45) is 5.73 Å². The SMILES string of the molecule is COCCCS(=O)(=O)N(C)C(C)CN. The lowest BCUT2D eigenvalue weighted by atomic mass is 10.4. The van der Waals surface area contributed by atoms with Gasteiger partial charge in [0.05, 0.1) is 5.75 Å². The van der Waals surface area contributed by atoms with E-state index in [0.29, 0.717) is 19.6 Å². The van der Waals surface area contributed by atoms with Gasteiger partial charge in [0.15, 0.2) is 0 Å². The highest BCUT2D eigenvalue weighted by Gasteiger charge is 2.21. The second kappa shape index (κ2) is 6.34. The van der Waals surface area contributed by atoms with Gasteiger partial charge in [-0.2, -0.15) is 0 Å². The van der Waals surface area contributed by atoms with Crippen molar-refractivity contribution in [3.8, 4) is 0 Å². The van der Waals surface area contributed by atoms with Crippen molar-refractivity contribution in [3.05, 3.63) is 0 Å². The predicted octanol–water partition coefficient (Wildman–Crippen LogP) is -0.368. The highest BCUT2D eigenvalue weighted by molar-refractivity contribution is 7.89. The first-order valence-corrected chi connectivity index (χ1v) is 6.21. The molecule has 0 aliphatic rings. The minimum Gasteiger partial charge on any atom is -0.385 e. The molecule has 1 unspecified atom stereocenters. The summed E-state index contributed by atoms with van der Waals surface area (Å²) in [7, 11) is -0.0609. The molecule has 86 valence electrons. The number of hydrogen-bond donors (Lipinski definition) is 1. The van der Waals surface area contributed by atoms with E-state index >= 15 is 0 Å². The fourth-order valence-electron chi connectivity index (χ4n) is 0.952. The molecule has 0 saturated carbocycles. The van der Waals surface area contributed by atoms with Crippen LogP contribution in [0.3, 0.4) is 0 Å². The Balaban J connectivity index is 4.17. The summed E-state index contributed by atoms with van der Waals surface area (Å²) >= 11 is 0. The maximum atomic E-state index is 11.6. The maximum Gasteiger partial charge on any atom is 0.214 e. The summed E-state index contributed by atoms with van der Waals surface area (Å²) in [4.78, 5) is 0. The van der Waals surface area contributed by atoms with E-state index < -0.39 is 10.0 Å². The van der Waals surface area contributed by atoms with E-state index in [-0.39, 0.29) is 11.8 Å². The van der Waals surface area contributed by atoms with Crippen LogP contribution in [-0.4, -0.2) is 51.8 Å². The molecule has 0 radical (unpaired) electrons. The van der Waals surface area contributed by atoms with E-state index in [1.165, 1.54) is 4.31 Å². The highest BCUT2D eigenvalue weighted by Crippen LogP contribution is 2.04. The van der Waals surface area contributed by atoms with Crippen molar-refractivity contribution in [2.45, 2.75) is 19.4 Å². The van der Waals surface area contributed by atoms with Crippen LogP contribution in [0, 0.1) is 0 Å². The van der Waals surface area contributed by atoms with E-state index in [2.05, 4.69) is 0 Å². The number of nitrogens with zero attached hydrogens (tertiary/aromatic N) is 1. The van der Waals surface area contributed by atoms with Crippen LogP contribution in [-0.2, 0) is 14.8 Å². The second-order valence-electron chi connectivity index (χ2n) is 3.26. The topological polar surface area (TPSA) is 72.6 Å². The zero-order chi connectivity index (χ0) is 11.2. The lowest BCUT2D eigenvalue weighted by Crippen LogP contribution is -2.41. The molecular weight excluding hydrogens is 204 g/mol. The quantitative estimate of drug-likeness (QED) is 0.599. The number of likely N-dealkylation sites (N-methyl/N-ethyl adjacent to an activating group) is 1. The third-order valence-electron chi connectivity index (χ3n) is 2.15. The molecule has 0 fully saturated rings. The van der Waals surface area contributed by atoms with Crippen LogP contribution in [0.5, 0.6) is 0 Å². The van der Waals surface area contributed by atoms with Crippen molar-refractivity contribution in [2.75, 3.05) is 33.1 Å². The van der Waals surface area contributed by atoms with Gasteiger partial charge in [0, 0.05) is 33.4 Å². The summed E-state index contributed by atoms with van der Waals surface area (Å²) in [5.41, 5.74) is 5.39. The van der Waals surface area contributed by atoms with Crippen LogP contribution in [0.25, 0.3) is 0 Å². The molecule has 5 nitrogen and oxygen atoms in total. The highest BCUT2D eigenvalue weighted by atomic mass is 32.2. The molecular formula is C8H20N2O3S. The Hall–Kier alpha value is -0.170. The van der Waals surface area contributed by atoms with Crippen molar-refractivity contribution in [3.63, 3.8) is 0 Å². The van der Waals surface area contributed by atoms with E-state index in [0.717, 1.165) is 0 Å².